The van der Waals surface area contributed by atoms with Gasteiger partial charge in [-0.2, -0.15) is 4.98 Å². The first-order chi connectivity index (χ1) is 17.2. The molecule has 2 aromatic heterocycles. The number of nitrogens with zero attached hydrogens (tertiary/aromatic N) is 6. The fraction of sp³-hybridized carbons (Fsp3) is 0.640. The zero-order valence-electron chi connectivity index (χ0n) is 23.1. The predicted octanol–water partition coefficient (Wildman–Crippen LogP) is 1.35. The van der Waals surface area contributed by atoms with Crippen molar-refractivity contribution >= 4 is 29.1 Å². The zero-order chi connectivity index (χ0) is 27.7. The molecule has 12 nitrogen and oxygen atoms in total. The molecular formula is C25H39N7O5. The van der Waals surface area contributed by atoms with E-state index in [1.807, 2.05) is 19.9 Å². The molecule has 1 atom stereocenters. The predicted molar refractivity (Wildman–Crippen MR) is 142 cm³/mol. The van der Waals surface area contributed by atoms with Crippen molar-refractivity contribution in [2.24, 2.45) is 14.1 Å². The summed E-state index contributed by atoms with van der Waals surface area (Å²) >= 11 is 0. The molecule has 0 bridgehead atoms. The van der Waals surface area contributed by atoms with Crippen LogP contribution in [0.4, 0.5) is 10.7 Å². The second kappa shape index (κ2) is 10.8. The number of ether oxygens (including phenoxy) is 1. The number of imidazole rings is 1. The summed E-state index contributed by atoms with van der Waals surface area (Å²) in [7, 11) is 4.74. The van der Waals surface area contributed by atoms with Gasteiger partial charge in [0.15, 0.2) is 11.2 Å². The Morgan fingerprint density at radius 2 is 1.76 bits per heavy atom. The number of aromatic nitrogens is 4. The van der Waals surface area contributed by atoms with Crippen molar-refractivity contribution in [2.75, 3.05) is 31.6 Å². The van der Waals surface area contributed by atoms with Crippen LogP contribution in [0.5, 0.6) is 0 Å². The topological polar surface area (TPSA) is 124 Å². The average Bonchev–Trinajstić information content (AvgIpc) is 3.46. The van der Waals surface area contributed by atoms with Gasteiger partial charge in [-0.1, -0.05) is 11.6 Å². The molecule has 0 aromatic carbocycles. The summed E-state index contributed by atoms with van der Waals surface area (Å²) in [5, 5.41) is 2.73. The molecule has 1 fully saturated rings. The van der Waals surface area contributed by atoms with Crippen LogP contribution in [0, 0.1) is 0 Å². The molecule has 2 aromatic rings. The Hall–Kier alpha value is -3.57. The lowest BCUT2D eigenvalue weighted by molar-refractivity contribution is -0.132. The largest absolute Gasteiger partial charge is 0.444 e. The summed E-state index contributed by atoms with van der Waals surface area (Å²) < 4.78 is 9.53. The number of likely N-dealkylation sites (N-methyl/N-ethyl adjacent to an activating group) is 1. The maximum atomic E-state index is 13.4. The van der Waals surface area contributed by atoms with E-state index in [4.69, 9.17) is 4.74 Å². The van der Waals surface area contributed by atoms with E-state index in [1.54, 1.807) is 49.2 Å². The molecule has 0 spiro atoms. The molecule has 1 aliphatic rings. The number of fused-ring (bicyclic) bond motifs is 1. The number of aryl methyl sites for hydroxylation is 1. The molecule has 0 saturated carbocycles. The van der Waals surface area contributed by atoms with Crippen LogP contribution in [-0.2, 0) is 30.2 Å². The molecule has 37 heavy (non-hydrogen) atoms. The number of rotatable bonds is 7. The van der Waals surface area contributed by atoms with E-state index >= 15 is 0 Å². The number of alkyl carbamates (subject to hydrolysis) is 1. The second-order valence-corrected chi connectivity index (χ2v) is 10.8. The number of allylic oxidation sites excluding steroid dienone is 2. The van der Waals surface area contributed by atoms with Crippen LogP contribution >= 0.6 is 0 Å². The van der Waals surface area contributed by atoms with Crippen molar-refractivity contribution in [3.63, 3.8) is 0 Å². The normalized spacial score (nSPS) is 14.5. The van der Waals surface area contributed by atoms with Crippen molar-refractivity contribution in [1.29, 1.82) is 0 Å². The van der Waals surface area contributed by atoms with Crippen LogP contribution in [0.3, 0.4) is 0 Å². The summed E-state index contributed by atoms with van der Waals surface area (Å²) in [6.45, 7) is 10.9. The van der Waals surface area contributed by atoms with Gasteiger partial charge in [-0.25, -0.2) is 9.59 Å². The number of nitrogens with one attached hydrogen (secondary N) is 1. The fourth-order valence-corrected chi connectivity index (χ4v) is 4.32. The number of carbonyl (C=O) groups is 2. The first kappa shape index (κ1) is 28.0. The molecule has 3 heterocycles. The van der Waals surface area contributed by atoms with E-state index < -0.39 is 29.0 Å². The molecule has 0 radical (unpaired) electrons. The fourth-order valence-electron chi connectivity index (χ4n) is 4.32. The third-order valence-electron chi connectivity index (χ3n) is 6.21. The van der Waals surface area contributed by atoms with Crippen LogP contribution in [0.25, 0.3) is 11.2 Å². The highest BCUT2D eigenvalue weighted by molar-refractivity contribution is 5.86. The van der Waals surface area contributed by atoms with E-state index in [0.29, 0.717) is 25.6 Å². The number of hydrogen-bond acceptors (Lipinski definition) is 7. The summed E-state index contributed by atoms with van der Waals surface area (Å²) in [6.07, 6.45) is 3.09. The lowest BCUT2D eigenvalue weighted by atomic mass is 10.2. The third kappa shape index (κ3) is 6.23. The van der Waals surface area contributed by atoms with Gasteiger partial charge in [0, 0.05) is 47.3 Å². The molecule has 1 N–H and O–H groups in total. The number of amides is 2. The van der Waals surface area contributed by atoms with E-state index in [2.05, 4.69) is 10.3 Å². The number of hydrogen-bond donors (Lipinski definition) is 1. The lowest BCUT2D eigenvalue weighted by Gasteiger charge is -2.29. The van der Waals surface area contributed by atoms with Gasteiger partial charge in [0.1, 0.15) is 11.6 Å². The van der Waals surface area contributed by atoms with Gasteiger partial charge >= 0.3 is 11.8 Å². The maximum absolute atomic E-state index is 13.4. The Morgan fingerprint density at radius 1 is 1.14 bits per heavy atom. The first-order valence-corrected chi connectivity index (χ1v) is 12.5. The molecule has 1 saturated heterocycles. The van der Waals surface area contributed by atoms with Crippen LogP contribution in [0.2, 0.25) is 0 Å². The van der Waals surface area contributed by atoms with Crippen LogP contribution < -0.4 is 21.5 Å². The molecular weight excluding hydrogens is 478 g/mol. The van der Waals surface area contributed by atoms with Crippen molar-refractivity contribution in [1.82, 2.24) is 28.9 Å². The van der Waals surface area contributed by atoms with Crippen LogP contribution in [0.15, 0.2) is 21.2 Å². The lowest BCUT2D eigenvalue weighted by Crippen LogP contribution is -2.54. The van der Waals surface area contributed by atoms with Gasteiger partial charge < -0.3 is 24.4 Å². The smallest absolute Gasteiger partial charge is 0.408 e. The van der Waals surface area contributed by atoms with Crippen molar-refractivity contribution in [3.05, 3.63) is 32.5 Å². The Balaban J connectivity index is 2.05. The maximum Gasteiger partial charge on any atom is 0.408 e. The highest BCUT2D eigenvalue weighted by Crippen LogP contribution is 2.20. The summed E-state index contributed by atoms with van der Waals surface area (Å²) in [5.74, 6) is 0.196. The number of carbonyl (C=O) groups excluding carboxylic acids is 2. The highest BCUT2D eigenvalue weighted by atomic mass is 16.6. The highest BCUT2D eigenvalue weighted by Gasteiger charge is 2.32. The summed E-state index contributed by atoms with van der Waals surface area (Å²) in [5.41, 5.74) is -0.0754. The van der Waals surface area contributed by atoms with E-state index in [9.17, 15) is 19.2 Å². The molecule has 2 amide bonds. The Morgan fingerprint density at radius 3 is 2.32 bits per heavy atom. The second-order valence-electron chi connectivity index (χ2n) is 10.8. The minimum atomic E-state index is -0.902. The Bertz CT molecular complexity index is 1320. The molecule has 1 aliphatic heterocycles. The third-order valence-corrected chi connectivity index (χ3v) is 6.21. The SMILES string of the molecule is CC(C)=CCn1c(N(C)CC(NC(=O)OC(C)(C)C)C(=O)N2CCCC2)nc2c1c(=O)n(C)c(=O)n2C. The summed E-state index contributed by atoms with van der Waals surface area (Å²) in [6, 6.07) is -0.902. The van der Waals surface area contributed by atoms with Gasteiger partial charge in [-0.3, -0.25) is 18.7 Å². The first-order valence-electron chi connectivity index (χ1n) is 12.5. The minimum Gasteiger partial charge on any atom is -0.444 e. The van der Waals surface area contributed by atoms with Gasteiger partial charge in [0.25, 0.3) is 5.56 Å². The minimum absolute atomic E-state index is 0.0843. The summed E-state index contributed by atoms with van der Waals surface area (Å²) in [4.78, 5) is 59.7. The standard InChI is InChI=1S/C25H39N7O5/c1-16(2)11-14-32-18-19(29(7)24(36)30(8)21(18)34)27-22(32)28(6)15-17(20(33)31-12-9-10-13-31)26-23(35)37-25(3,4)5/h11,17H,9-10,12-15H2,1-8H3,(H,26,35). The average molecular weight is 518 g/mol. The van der Waals surface area contributed by atoms with Gasteiger partial charge in [0.2, 0.25) is 11.9 Å². The monoisotopic (exact) mass is 517 g/mol. The molecule has 0 aliphatic carbocycles. The number of anilines is 1. The molecule has 3 rings (SSSR count). The molecule has 204 valence electrons. The van der Waals surface area contributed by atoms with Crippen molar-refractivity contribution in [2.45, 2.75) is 65.6 Å². The van der Waals surface area contributed by atoms with E-state index in [1.165, 1.54) is 11.6 Å². The van der Waals surface area contributed by atoms with Gasteiger partial charge in [0.05, 0.1) is 0 Å². The van der Waals surface area contributed by atoms with E-state index in [0.717, 1.165) is 23.0 Å². The number of likely N-dealkylation sites (tertiary alicyclic amines) is 1. The Labute approximate surface area is 216 Å². The van der Waals surface area contributed by atoms with Crippen molar-refractivity contribution in [3.8, 4) is 0 Å². The van der Waals surface area contributed by atoms with Gasteiger partial charge in [-0.15, -0.1) is 0 Å². The van der Waals surface area contributed by atoms with Crippen LogP contribution in [0.1, 0.15) is 47.5 Å². The molecule has 12 heteroatoms. The van der Waals surface area contributed by atoms with Crippen molar-refractivity contribution < 1.29 is 14.3 Å². The van der Waals surface area contributed by atoms with Crippen LogP contribution in [-0.4, -0.2) is 73.9 Å². The Kier molecular flexibility index (Phi) is 8.19. The van der Waals surface area contributed by atoms with Gasteiger partial charge in [-0.05, 0) is 47.5 Å². The quantitative estimate of drug-likeness (QED) is 0.550. The zero-order valence-corrected chi connectivity index (χ0v) is 23.1. The van der Waals surface area contributed by atoms with E-state index in [-0.39, 0.29) is 23.6 Å². The molecule has 1 unspecified atom stereocenters.